The second-order valence-corrected chi connectivity index (χ2v) is 5.99. The molecule has 2 heterocycles. The highest BCUT2D eigenvalue weighted by Gasteiger charge is 2.21. The maximum absolute atomic E-state index is 12.3. The van der Waals surface area contributed by atoms with Gasteiger partial charge in [0.15, 0.2) is 5.69 Å². The third-order valence-electron chi connectivity index (χ3n) is 4.42. The Morgan fingerprint density at radius 3 is 2.92 bits per heavy atom. The number of nitrogens with zero attached hydrogens (tertiary/aromatic N) is 1. The van der Waals surface area contributed by atoms with Gasteiger partial charge >= 0.3 is 0 Å². The first kappa shape index (κ1) is 20.1. The van der Waals surface area contributed by atoms with Gasteiger partial charge < -0.3 is 20.1 Å². The molecule has 0 unspecified atom stereocenters. The molecule has 0 radical (unpaired) electrons. The zero-order valence-electron chi connectivity index (χ0n) is 15.1. The van der Waals surface area contributed by atoms with Gasteiger partial charge in [0.25, 0.3) is 5.91 Å². The molecule has 0 aliphatic carbocycles. The number of hydrogen-bond donors (Lipinski definition) is 3. The fourth-order valence-electron chi connectivity index (χ4n) is 3.05. The van der Waals surface area contributed by atoms with E-state index in [1.165, 1.54) is 0 Å². The quantitative estimate of drug-likeness (QED) is 0.638. The summed E-state index contributed by atoms with van der Waals surface area (Å²) in [6, 6.07) is 5.74. The van der Waals surface area contributed by atoms with Crippen molar-refractivity contribution >= 4 is 18.3 Å². The van der Waals surface area contributed by atoms with E-state index in [4.69, 9.17) is 9.47 Å². The molecule has 8 heteroatoms. The second kappa shape index (κ2) is 9.45. The Morgan fingerprint density at radius 1 is 1.31 bits per heavy atom. The van der Waals surface area contributed by atoms with Crippen LogP contribution in [0.5, 0.6) is 11.5 Å². The van der Waals surface area contributed by atoms with Crippen molar-refractivity contribution < 1.29 is 14.3 Å². The van der Waals surface area contributed by atoms with Crippen LogP contribution in [0, 0.1) is 0 Å². The minimum Gasteiger partial charge on any atom is -0.497 e. The van der Waals surface area contributed by atoms with Crippen LogP contribution in [0.15, 0.2) is 18.2 Å². The molecule has 2 aromatic rings. The Hall–Kier alpha value is -2.25. The third-order valence-corrected chi connectivity index (χ3v) is 4.42. The van der Waals surface area contributed by atoms with E-state index in [0.29, 0.717) is 18.8 Å². The average molecular weight is 381 g/mol. The first-order valence-corrected chi connectivity index (χ1v) is 8.49. The molecule has 1 amide bonds. The van der Waals surface area contributed by atoms with Gasteiger partial charge in [-0.05, 0) is 36.6 Å². The number of benzene rings is 1. The van der Waals surface area contributed by atoms with Crippen LogP contribution in [-0.4, -0.2) is 43.4 Å². The molecule has 1 aliphatic rings. The van der Waals surface area contributed by atoms with E-state index < -0.39 is 0 Å². The summed E-state index contributed by atoms with van der Waals surface area (Å²) in [4.78, 5) is 12.3. The molecular weight excluding hydrogens is 356 g/mol. The highest BCUT2D eigenvalue weighted by atomic mass is 35.5. The molecule has 0 saturated heterocycles. The van der Waals surface area contributed by atoms with Crippen LogP contribution in [-0.2, 0) is 19.4 Å². The largest absolute Gasteiger partial charge is 0.497 e. The van der Waals surface area contributed by atoms with E-state index in [-0.39, 0.29) is 18.3 Å². The number of ether oxygens (including phenoxy) is 2. The summed E-state index contributed by atoms with van der Waals surface area (Å²) < 4.78 is 10.6. The van der Waals surface area contributed by atoms with Crippen LogP contribution >= 0.6 is 12.4 Å². The Morgan fingerprint density at radius 2 is 2.15 bits per heavy atom. The van der Waals surface area contributed by atoms with Crippen molar-refractivity contribution in [3.8, 4) is 11.5 Å². The number of fused-ring (bicyclic) bond motifs is 1. The zero-order chi connectivity index (χ0) is 17.6. The highest BCUT2D eigenvalue weighted by Crippen LogP contribution is 2.25. The number of halogens is 1. The summed E-state index contributed by atoms with van der Waals surface area (Å²) in [5.41, 5.74) is 3.61. The number of H-pyrrole nitrogens is 1. The van der Waals surface area contributed by atoms with Gasteiger partial charge in [-0.3, -0.25) is 9.89 Å². The number of carbonyl (C=O) groups is 1. The van der Waals surface area contributed by atoms with E-state index in [1.807, 2.05) is 18.2 Å². The Labute approximate surface area is 159 Å². The number of amides is 1. The Bertz CT molecular complexity index is 748. The number of carbonyl (C=O) groups excluding carboxylic acids is 1. The lowest BCUT2D eigenvalue weighted by Gasteiger charge is -2.13. The van der Waals surface area contributed by atoms with Gasteiger partial charge in [0, 0.05) is 37.3 Å². The van der Waals surface area contributed by atoms with Gasteiger partial charge in [0.1, 0.15) is 11.5 Å². The topological polar surface area (TPSA) is 88.3 Å². The van der Waals surface area contributed by atoms with Crippen molar-refractivity contribution in [1.82, 2.24) is 20.8 Å². The zero-order valence-corrected chi connectivity index (χ0v) is 15.9. The molecule has 142 valence electrons. The van der Waals surface area contributed by atoms with Crippen molar-refractivity contribution in [2.45, 2.75) is 25.8 Å². The number of aromatic nitrogens is 2. The van der Waals surface area contributed by atoms with Crippen LogP contribution < -0.4 is 20.1 Å². The normalized spacial score (nSPS) is 12.7. The fraction of sp³-hybridized carbons (Fsp3) is 0.444. The number of nitrogens with one attached hydrogen (secondary N) is 3. The molecule has 3 rings (SSSR count). The van der Waals surface area contributed by atoms with Gasteiger partial charge in [-0.25, -0.2) is 0 Å². The molecule has 3 N–H and O–H groups in total. The molecule has 0 spiro atoms. The van der Waals surface area contributed by atoms with Crippen LogP contribution in [0.3, 0.4) is 0 Å². The van der Waals surface area contributed by atoms with Crippen molar-refractivity contribution in [2.75, 3.05) is 27.3 Å². The van der Waals surface area contributed by atoms with Crippen LogP contribution in [0.2, 0.25) is 0 Å². The molecule has 0 saturated carbocycles. The fourth-order valence-corrected chi connectivity index (χ4v) is 3.05. The highest BCUT2D eigenvalue weighted by molar-refractivity contribution is 5.94. The summed E-state index contributed by atoms with van der Waals surface area (Å²) in [6.07, 6.45) is 2.48. The minimum atomic E-state index is -0.126. The number of hydrogen-bond acceptors (Lipinski definition) is 5. The summed E-state index contributed by atoms with van der Waals surface area (Å²) in [5, 5.41) is 13.4. The van der Waals surface area contributed by atoms with Crippen molar-refractivity contribution in [1.29, 1.82) is 0 Å². The maximum Gasteiger partial charge on any atom is 0.272 e. The van der Waals surface area contributed by atoms with Gasteiger partial charge in [-0.15, -0.1) is 12.4 Å². The van der Waals surface area contributed by atoms with Gasteiger partial charge in [0.2, 0.25) is 0 Å². The van der Waals surface area contributed by atoms with Crippen molar-refractivity contribution in [3.63, 3.8) is 0 Å². The van der Waals surface area contributed by atoms with Crippen LogP contribution in [0.1, 0.15) is 33.7 Å². The standard InChI is InChI=1S/C18H24N4O3.ClH/c1-24-13-5-6-16(25-2)12(10-13)4-3-8-20-18(23)17-14-11-19-9-7-15(14)21-22-17;/h5-6,10,19H,3-4,7-9,11H2,1-2H3,(H,20,23)(H,21,22);1H. The number of aryl methyl sites for hydroxylation is 1. The lowest BCUT2D eigenvalue weighted by Crippen LogP contribution is -2.29. The van der Waals surface area contributed by atoms with E-state index >= 15 is 0 Å². The van der Waals surface area contributed by atoms with Gasteiger partial charge in [-0.2, -0.15) is 5.10 Å². The SMILES string of the molecule is COc1ccc(OC)c(CCCNC(=O)c2n[nH]c3c2CNCC3)c1.Cl. The predicted molar refractivity (Wildman–Crippen MR) is 101 cm³/mol. The van der Waals surface area contributed by atoms with Gasteiger partial charge in [-0.1, -0.05) is 0 Å². The molecule has 7 nitrogen and oxygen atoms in total. The van der Waals surface area contributed by atoms with E-state index in [9.17, 15) is 4.79 Å². The second-order valence-electron chi connectivity index (χ2n) is 5.99. The van der Waals surface area contributed by atoms with E-state index in [0.717, 1.165) is 54.1 Å². The van der Waals surface area contributed by atoms with Crippen molar-refractivity contribution in [2.24, 2.45) is 0 Å². The first-order chi connectivity index (χ1) is 12.2. The van der Waals surface area contributed by atoms with Gasteiger partial charge in [0.05, 0.1) is 14.2 Å². The predicted octanol–water partition coefficient (Wildman–Crippen LogP) is 1.86. The summed E-state index contributed by atoms with van der Waals surface area (Å²) in [7, 11) is 3.30. The molecule has 1 aromatic heterocycles. The minimum absolute atomic E-state index is 0. The lowest BCUT2D eigenvalue weighted by atomic mass is 10.1. The molecule has 0 bridgehead atoms. The molecular formula is C18H25ClN4O3. The van der Waals surface area contributed by atoms with E-state index in [1.54, 1.807) is 14.2 Å². The smallest absolute Gasteiger partial charge is 0.272 e. The van der Waals surface area contributed by atoms with E-state index in [2.05, 4.69) is 20.8 Å². The number of methoxy groups -OCH3 is 2. The first-order valence-electron chi connectivity index (χ1n) is 8.49. The summed E-state index contributed by atoms with van der Waals surface area (Å²) >= 11 is 0. The third kappa shape index (κ3) is 4.47. The molecule has 0 fully saturated rings. The maximum atomic E-state index is 12.3. The molecule has 1 aromatic carbocycles. The Kier molecular flexibility index (Phi) is 7.29. The summed E-state index contributed by atoms with van der Waals surface area (Å²) in [5.74, 6) is 1.51. The number of rotatable bonds is 7. The van der Waals surface area contributed by atoms with Crippen LogP contribution in [0.25, 0.3) is 0 Å². The average Bonchev–Trinajstić information content (AvgIpc) is 3.09. The Balaban J connectivity index is 0.00000243. The number of aromatic amines is 1. The lowest BCUT2D eigenvalue weighted by molar-refractivity contribution is 0.0947. The monoisotopic (exact) mass is 380 g/mol. The summed E-state index contributed by atoms with van der Waals surface area (Å²) in [6.45, 7) is 2.18. The van der Waals surface area contributed by atoms with Crippen LogP contribution in [0.4, 0.5) is 0 Å². The van der Waals surface area contributed by atoms with Crippen molar-refractivity contribution in [3.05, 3.63) is 40.7 Å². The molecule has 0 atom stereocenters. The molecule has 1 aliphatic heterocycles. The molecule has 26 heavy (non-hydrogen) atoms.